The molecule has 0 amide bonds. The SMILES string of the molecule is Nc1cc(F)c(Oc2ccc(Cl)cn2)cc1F. The van der Waals surface area contributed by atoms with E-state index in [1.165, 1.54) is 18.3 Å². The Hall–Kier alpha value is -1.88. The first-order valence-corrected chi connectivity index (χ1v) is 4.98. The Morgan fingerprint density at radius 1 is 1.18 bits per heavy atom. The summed E-state index contributed by atoms with van der Waals surface area (Å²) < 4.78 is 31.5. The molecular formula is C11H7ClF2N2O. The highest BCUT2D eigenvalue weighted by atomic mass is 35.5. The summed E-state index contributed by atoms with van der Waals surface area (Å²) in [5.41, 5.74) is 4.92. The van der Waals surface area contributed by atoms with Crippen LogP contribution in [0.4, 0.5) is 14.5 Å². The minimum atomic E-state index is -0.763. The third-order valence-electron chi connectivity index (χ3n) is 1.97. The van der Waals surface area contributed by atoms with Crippen LogP contribution in [0.25, 0.3) is 0 Å². The van der Waals surface area contributed by atoms with E-state index in [1.807, 2.05) is 0 Å². The molecule has 0 aliphatic heterocycles. The van der Waals surface area contributed by atoms with Gasteiger partial charge in [-0.05, 0) is 6.07 Å². The van der Waals surface area contributed by atoms with Gasteiger partial charge >= 0.3 is 0 Å². The van der Waals surface area contributed by atoms with Gasteiger partial charge in [0.15, 0.2) is 11.6 Å². The Kier molecular flexibility index (Phi) is 3.10. The number of aromatic nitrogens is 1. The van der Waals surface area contributed by atoms with Crippen LogP contribution in [0.5, 0.6) is 11.6 Å². The molecule has 0 radical (unpaired) electrons. The van der Waals surface area contributed by atoms with Crippen LogP contribution in [-0.4, -0.2) is 4.98 Å². The van der Waals surface area contributed by atoms with Crippen molar-refractivity contribution in [3.05, 3.63) is 47.1 Å². The monoisotopic (exact) mass is 256 g/mol. The molecule has 0 unspecified atom stereocenters. The fourth-order valence-electron chi connectivity index (χ4n) is 1.16. The van der Waals surface area contributed by atoms with Gasteiger partial charge in [-0.3, -0.25) is 0 Å². The lowest BCUT2D eigenvalue weighted by atomic mass is 10.3. The number of ether oxygens (including phenoxy) is 1. The predicted molar refractivity (Wildman–Crippen MR) is 60.1 cm³/mol. The van der Waals surface area contributed by atoms with E-state index < -0.39 is 11.6 Å². The van der Waals surface area contributed by atoms with Gasteiger partial charge in [-0.1, -0.05) is 11.6 Å². The number of anilines is 1. The number of halogens is 3. The Balaban J connectivity index is 2.30. The van der Waals surface area contributed by atoms with E-state index in [0.717, 1.165) is 12.1 Å². The van der Waals surface area contributed by atoms with Gasteiger partial charge in [0.25, 0.3) is 0 Å². The third kappa shape index (κ3) is 2.62. The van der Waals surface area contributed by atoms with E-state index in [4.69, 9.17) is 22.1 Å². The number of pyridine rings is 1. The standard InChI is InChI=1S/C11H7ClF2N2O/c12-6-1-2-11(16-5-6)17-10-4-7(13)9(15)3-8(10)14/h1-5H,15H2. The second-order valence-electron chi connectivity index (χ2n) is 3.22. The Bertz CT molecular complexity index is 546. The molecule has 1 heterocycles. The maximum absolute atomic E-state index is 13.4. The maximum atomic E-state index is 13.4. The normalized spacial score (nSPS) is 10.3. The van der Waals surface area contributed by atoms with Crippen molar-refractivity contribution in [1.82, 2.24) is 4.98 Å². The van der Waals surface area contributed by atoms with Crippen molar-refractivity contribution in [2.45, 2.75) is 0 Å². The summed E-state index contributed by atoms with van der Waals surface area (Å²) in [7, 11) is 0. The summed E-state index contributed by atoms with van der Waals surface area (Å²) in [5.74, 6) is -1.69. The summed E-state index contributed by atoms with van der Waals surface area (Å²) in [4.78, 5) is 3.79. The fourth-order valence-corrected chi connectivity index (χ4v) is 1.27. The lowest BCUT2D eigenvalue weighted by molar-refractivity contribution is 0.423. The van der Waals surface area contributed by atoms with E-state index in [2.05, 4.69) is 4.98 Å². The van der Waals surface area contributed by atoms with Gasteiger partial charge in [-0.2, -0.15) is 0 Å². The van der Waals surface area contributed by atoms with Crippen molar-refractivity contribution in [3.63, 3.8) is 0 Å². The van der Waals surface area contributed by atoms with Crippen molar-refractivity contribution < 1.29 is 13.5 Å². The molecule has 1 aromatic heterocycles. The summed E-state index contributed by atoms with van der Waals surface area (Å²) >= 11 is 5.62. The molecule has 0 bridgehead atoms. The number of nitrogen functional groups attached to an aromatic ring is 1. The first kappa shape index (κ1) is 11.6. The zero-order valence-electron chi connectivity index (χ0n) is 8.45. The predicted octanol–water partition coefficient (Wildman–Crippen LogP) is 3.39. The lowest BCUT2D eigenvalue weighted by Crippen LogP contribution is -1.96. The number of benzene rings is 1. The van der Waals surface area contributed by atoms with Crippen LogP contribution in [0.3, 0.4) is 0 Å². The summed E-state index contributed by atoms with van der Waals surface area (Å²) in [6.45, 7) is 0. The van der Waals surface area contributed by atoms with Crippen LogP contribution < -0.4 is 10.5 Å². The number of nitrogens with two attached hydrogens (primary N) is 1. The van der Waals surface area contributed by atoms with E-state index in [1.54, 1.807) is 0 Å². The van der Waals surface area contributed by atoms with Gasteiger partial charge in [0, 0.05) is 24.4 Å². The fraction of sp³-hybridized carbons (Fsp3) is 0. The average molecular weight is 257 g/mol. The molecule has 0 atom stereocenters. The number of nitrogens with zero attached hydrogens (tertiary/aromatic N) is 1. The first-order chi connectivity index (χ1) is 8.06. The molecule has 0 fully saturated rings. The molecule has 2 aromatic rings. The third-order valence-corrected chi connectivity index (χ3v) is 2.19. The van der Waals surface area contributed by atoms with Gasteiger partial charge in [-0.15, -0.1) is 0 Å². The summed E-state index contributed by atoms with van der Waals surface area (Å²) in [6.07, 6.45) is 1.34. The molecule has 0 aliphatic rings. The molecule has 2 rings (SSSR count). The minimum Gasteiger partial charge on any atom is -0.436 e. The highest BCUT2D eigenvalue weighted by Gasteiger charge is 2.10. The van der Waals surface area contributed by atoms with E-state index in [0.29, 0.717) is 5.02 Å². The van der Waals surface area contributed by atoms with Crippen LogP contribution in [0.1, 0.15) is 0 Å². The van der Waals surface area contributed by atoms with Crippen molar-refractivity contribution in [2.24, 2.45) is 0 Å². The topological polar surface area (TPSA) is 48.1 Å². The second kappa shape index (κ2) is 4.55. The van der Waals surface area contributed by atoms with Gasteiger partial charge in [0.1, 0.15) is 5.82 Å². The molecule has 2 N–H and O–H groups in total. The highest BCUT2D eigenvalue weighted by molar-refractivity contribution is 6.30. The Labute approximate surface area is 101 Å². The first-order valence-electron chi connectivity index (χ1n) is 4.60. The van der Waals surface area contributed by atoms with Crippen molar-refractivity contribution in [1.29, 1.82) is 0 Å². The molecule has 0 saturated heterocycles. The highest BCUT2D eigenvalue weighted by Crippen LogP contribution is 2.27. The van der Waals surface area contributed by atoms with Crippen LogP contribution in [-0.2, 0) is 0 Å². The van der Waals surface area contributed by atoms with Gasteiger partial charge in [0.2, 0.25) is 5.88 Å². The quantitative estimate of drug-likeness (QED) is 0.838. The summed E-state index contributed by atoms with van der Waals surface area (Å²) in [5, 5.41) is 0.418. The Morgan fingerprint density at radius 2 is 1.94 bits per heavy atom. The van der Waals surface area contributed by atoms with Crippen molar-refractivity contribution >= 4 is 17.3 Å². The number of rotatable bonds is 2. The molecule has 1 aromatic carbocycles. The smallest absolute Gasteiger partial charge is 0.219 e. The summed E-state index contributed by atoms with van der Waals surface area (Å²) in [6, 6.07) is 4.67. The van der Waals surface area contributed by atoms with Crippen LogP contribution in [0.15, 0.2) is 30.5 Å². The molecular weight excluding hydrogens is 250 g/mol. The van der Waals surface area contributed by atoms with Gasteiger partial charge < -0.3 is 10.5 Å². The average Bonchev–Trinajstić information content (AvgIpc) is 2.29. The zero-order valence-corrected chi connectivity index (χ0v) is 9.21. The molecule has 0 saturated carbocycles. The molecule has 0 aliphatic carbocycles. The van der Waals surface area contributed by atoms with E-state index >= 15 is 0 Å². The molecule has 0 spiro atoms. The lowest BCUT2D eigenvalue weighted by Gasteiger charge is -2.06. The second-order valence-corrected chi connectivity index (χ2v) is 3.66. The maximum Gasteiger partial charge on any atom is 0.219 e. The van der Waals surface area contributed by atoms with E-state index in [-0.39, 0.29) is 17.3 Å². The number of hydrogen-bond acceptors (Lipinski definition) is 3. The van der Waals surface area contributed by atoms with Gasteiger partial charge in [0.05, 0.1) is 10.7 Å². The molecule has 3 nitrogen and oxygen atoms in total. The van der Waals surface area contributed by atoms with Gasteiger partial charge in [-0.25, -0.2) is 13.8 Å². The van der Waals surface area contributed by atoms with Crippen LogP contribution in [0.2, 0.25) is 5.02 Å². The van der Waals surface area contributed by atoms with Crippen molar-refractivity contribution in [3.8, 4) is 11.6 Å². The molecule has 17 heavy (non-hydrogen) atoms. The molecule has 6 heteroatoms. The number of hydrogen-bond donors (Lipinski definition) is 1. The minimum absolute atomic E-state index is 0.109. The Morgan fingerprint density at radius 3 is 2.59 bits per heavy atom. The largest absolute Gasteiger partial charge is 0.436 e. The van der Waals surface area contributed by atoms with E-state index in [9.17, 15) is 8.78 Å². The van der Waals surface area contributed by atoms with Crippen LogP contribution >= 0.6 is 11.6 Å². The van der Waals surface area contributed by atoms with Crippen LogP contribution in [0, 0.1) is 11.6 Å². The zero-order chi connectivity index (χ0) is 12.4. The van der Waals surface area contributed by atoms with Crippen molar-refractivity contribution in [2.75, 3.05) is 5.73 Å². The molecule has 88 valence electrons.